The molecule has 0 saturated heterocycles. The van der Waals surface area contributed by atoms with Gasteiger partial charge in [-0.15, -0.1) is 0 Å². The van der Waals surface area contributed by atoms with Crippen molar-refractivity contribution in [2.24, 2.45) is 5.84 Å². The van der Waals surface area contributed by atoms with Crippen LogP contribution in [0.1, 0.15) is 19.3 Å². The van der Waals surface area contributed by atoms with E-state index in [1.165, 1.54) is 0 Å². The first-order valence-electron chi connectivity index (χ1n) is 6.29. The highest BCUT2D eigenvalue weighted by Gasteiger charge is 2.28. The number of hydrogen-bond acceptors (Lipinski definition) is 7. The monoisotopic (exact) mass is 263 g/mol. The predicted molar refractivity (Wildman–Crippen MR) is 71.6 cm³/mol. The first kappa shape index (κ1) is 12.1. The maximum Gasteiger partial charge on any atom is 0.241 e. The third-order valence-corrected chi connectivity index (χ3v) is 3.52. The second-order valence-electron chi connectivity index (χ2n) is 4.63. The Morgan fingerprint density at radius 2 is 2.32 bits per heavy atom. The summed E-state index contributed by atoms with van der Waals surface area (Å²) in [7, 11) is 1.74. The van der Waals surface area contributed by atoms with Crippen LogP contribution in [0, 0.1) is 0 Å². The molecule has 0 spiro atoms. The zero-order valence-corrected chi connectivity index (χ0v) is 10.7. The Bertz CT molecular complexity index is 569. The predicted octanol–water partition coefficient (Wildman–Crippen LogP) is 0.618. The highest BCUT2D eigenvalue weighted by Crippen LogP contribution is 2.27. The SMILES string of the molecule is COC1CCCC1Nc1nc(NN)nc2[nH]ncc12. The molecule has 2 aromatic rings. The van der Waals surface area contributed by atoms with Crippen molar-refractivity contribution >= 4 is 22.8 Å². The molecule has 0 aromatic carbocycles. The Balaban J connectivity index is 1.92. The fourth-order valence-electron chi connectivity index (χ4n) is 2.56. The molecule has 0 radical (unpaired) electrons. The van der Waals surface area contributed by atoms with E-state index in [4.69, 9.17) is 10.6 Å². The second-order valence-corrected chi connectivity index (χ2v) is 4.63. The number of ether oxygens (including phenoxy) is 1. The lowest BCUT2D eigenvalue weighted by Crippen LogP contribution is -2.30. The lowest BCUT2D eigenvalue weighted by Gasteiger charge is -2.20. The quantitative estimate of drug-likeness (QED) is 0.472. The van der Waals surface area contributed by atoms with Gasteiger partial charge in [0.2, 0.25) is 5.95 Å². The molecule has 8 nitrogen and oxygen atoms in total. The number of nitrogens with one attached hydrogen (secondary N) is 3. The summed E-state index contributed by atoms with van der Waals surface area (Å²) in [6.45, 7) is 0. The molecule has 0 bridgehead atoms. The molecular weight excluding hydrogens is 246 g/mol. The average molecular weight is 263 g/mol. The number of H-pyrrole nitrogens is 1. The van der Waals surface area contributed by atoms with Crippen molar-refractivity contribution in [3.05, 3.63) is 6.20 Å². The Hall–Kier alpha value is -1.93. The number of rotatable bonds is 4. The molecule has 1 saturated carbocycles. The fourth-order valence-corrected chi connectivity index (χ4v) is 2.56. The Morgan fingerprint density at radius 1 is 1.42 bits per heavy atom. The lowest BCUT2D eigenvalue weighted by molar-refractivity contribution is 0.101. The number of fused-ring (bicyclic) bond motifs is 1. The van der Waals surface area contributed by atoms with Gasteiger partial charge in [-0.1, -0.05) is 0 Å². The van der Waals surface area contributed by atoms with Crippen molar-refractivity contribution in [2.45, 2.75) is 31.4 Å². The number of hydrogen-bond donors (Lipinski definition) is 4. The molecule has 0 amide bonds. The van der Waals surface area contributed by atoms with Crippen LogP contribution in [-0.4, -0.2) is 39.4 Å². The van der Waals surface area contributed by atoms with Crippen molar-refractivity contribution in [3.8, 4) is 0 Å². The van der Waals surface area contributed by atoms with Crippen molar-refractivity contribution in [1.82, 2.24) is 20.2 Å². The van der Waals surface area contributed by atoms with Crippen LogP contribution >= 0.6 is 0 Å². The molecular formula is C11H17N7O. The Morgan fingerprint density at radius 3 is 3.11 bits per heavy atom. The van der Waals surface area contributed by atoms with Crippen LogP contribution in [0.3, 0.4) is 0 Å². The van der Waals surface area contributed by atoms with Gasteiger partial charge in [-0.05, 0) is 19.3 Å². The van der Waals surface area contributed by atoms with Gasteiger partial charge in [0.25, 0.3) is 0 Å². The minimum absolute atomic E-state index is 0.214. The zero-order chi connectivity index (χ0) is 13.2. The van der Waals surface area contributed by atoms with E-state index in [1.807, 2.05) is 0 Å². The number of nitrogens with zero attached hydrogens (tertiary/aromatic N) is 3. The minimum atomic E-state index is 0.214. The molecule has 1 aliphatic carbocycles. The van der Waals surface area contributed by atoms with Crippen LogP contribution in [0.4, 0.5) is 11.8 Å². The second kappa shape index (κ2) is 4.98. The molecule has 0 aliphatic heterocycles. The minimum Gasteiger partial charge on any atom is -0.379 e. The third kappa shape index (κ3) is 2.20. The third-order valence-electron chi connectivity index (χ3n) is 3.52. The van der Waals surface area contributed by atoms with Crippen LogP contribution in [0.25, 0.3) is 11.0 Å². The maximum atomic E-state index is 5.48. The number of methoxy groups -OCH3 is 1. The van der Waals surface area contributed by atoms with Crippen molar-refractivity contribution < 1.29 is 4.74 Å². The van der Waals surface area contributed by atoms with Gasteiger partial charge in [0.05, 0.1) is 23.7 Å². The number of hydrazine groups is 1. The van der Waals surface area contributed by atoms with Gasteiger partial charge in [0.1, 0.15) is 5.82 Å². The summed E-state index contributed by atoms with van der Waals surface area (Å²) in [5.74, 6) is 6.45. The van der Waals surface area contributed by atoms with E-state index in [0.29, 0.717) is 11.6 Å². The number of anilines is 2. The van der Waals surface area contributed by atoms with Crippen molar-refractivity contribution in [2.75, 3.05) is 17.9 Å². The largest absolute Gasteiger partial charge is 0.379 e. The normalized spacial score (nSPS) is 22.8. The van der Waals surface area contributed by atoms with Gasteiger partial charge in [0, 0.05) is 7.11 Å². The van der Waals surface area contributed by atoms with Crippen molar-refractivity contribution in [1.29, 1.82) is 0 Å². The standard InChI is InChI=1S/C11H17N7O/c1-19-8-4-2-3-7(8)14-9-6-5-13-18-10(6)16-11(15-9)17-12/h5,7-8H,2-4,12H2,1H3,(H3,13,14,15,16,17,18). The molecule has 2 atom stereocenters. The molecule has 2 unspecified atom stereocenters. The van der Waals surface area contributed by atoms with Gasteiger partial charge < -0.3 is 10.1 Å². The van der Waals surface area contributed by atoms with E-state index in [9.17, 15) is 0 Å². The number of nitrogens with two attached hydrogens (primary N) is 1. The maximum absolute atomic E-state index is 5.48. The highest BCUT2D eigenvalue weighted by atomic mass is 16.5. The molecule has 8 heteroatoms. The molecule has 1 aliphatic rings. The molecule has 19 heavy (non-hydrogen) atoms. The smallest absolute Gasteiger partial charge is 0.241 e. The number of aromatic nitrogens is 4. The van der Waals surface area contributed by atoms with E-state index in [1.54, 1.807) is 13.3 Å². The van der Waals surface area contributed by atoms with Crippen LogP contribution in [0.5, 0.6) is 0 Å². The Kier molecular flexibility index (Phi) is 3.18. The molecule has 1 fully saturated rings. The molecule has 2 aromatic heterocycles. The summed E-state index contributed by atoms with van der Waals surface area (Å²) in [4.78, 5) is 8.54. The van der Waals surface area contributed by atoms with E-state index >= 15 is 0 Å². The van der Waals surface area contributed by atoms with Gasteiger partial charge in [-0.3, -0.25) is 10.5 Å². The average Bonchev–Trinajstić information content (AvgIpc) is 3.06. The highest BCUT2D eigenvalue weighted by molar-refractivity contribution is 5.87. The fraction of sp³-hybridized carbons (Fsp3) is 0.545. The summed E-state index contributed by atoms with van der Waals surface area (Å²) in [6.07, 6.45) is 5.20. The zero-order valence-electron chi connectivity index (χ0n) is 10.7. The number of nitrogen functional groups attached to an aromatic ring is 1. The van der Waals surface area contributed by atoms with Crippen LogP contribution in [0.15, 0.2) is 6.20 Å². The Labute approximate surface area is 110 Å². The molecule has 5 N–H and O–H groups in total. The summed E-state index contributed by atoms with van der Waals surface area (Å²) in [5, 5.41) is 11.1. The van der Waals surface area contributed by atoms with Crippen LogP contribution in [-0.2, 0) is 4.74 Å². The number of aromatic amines is 1. The topological polar surface area (TPSA) is 114 Å². The van der Waals surface area contributed by atoms with Crippen molar-refractivity contribution in [3.63, 3.8) is 0 Å². The van der Waals surface area contributed by atoms with E-state index in [2.05, 4.69) is 30.9 Å². The van der Waals surface area contributed by atoms with Gasteiger partial charge in [-0.25, -0.2) is 5.84 Å². The lowest BCUT2D eigenvalue weighted by atomic mass is 10.2. The first-order valence-corrected chi connectivity index (χ1v) is 6.29. The van der Waals surface area contributed by atoms with E-state index in [0.717, 1.165) is 30.5 Å². The summed E-state index contributed by atoms with van der Waals surface area (Å²) in [6, 6.07) is 0.253. The van der Waals surface area contributed by atoms with Crippen LogP contribution in [0.2, 0.25) is 0 Å². The van der Waals surface area contributed by atoms with E-state index < -0.39 is 0 Å². The van der Waals surface area contributed by atoms with Crippen LogP contribution < -0.4 is 16.6 Å². The first-order chi connectivity index (χ1) is 9.31. The summed E-state index contributed by atoms with van der Waals surface area (Å²) >= 11 is 0. The molecule has 3 rings (SSSR count). The van der Waals surface area contributed by atoms with E-state index in [-0.39, 0.29) is 12.1 Å². The van der Waals surface area contributed by atoms with Gasteiger partial charge in [-0.2, -0.15) is 15.1 Å². The summed E-state index contributed by atoms with van der Waals surface area (Å²) < 4.78 is 5.48. The summed E-state index contributed by atoms with van der Waals surface area (Å²) in [5.41, 5.74) is 3.11. The molecule has 2 heterocycles. The molecule has 102 valence electrons. The van der Waals surface area contributed by atoms with Gasteiger partial charge >= 0.3 is 0 Å². The van der Waals surface area contributed by atoms with Gasteiger partial charge in [0.15, 0.2) is 5.65 Å².